The maximum Gasteiger partial charge on any atom is 0.410 e. The second-order valence-corrected chi connectivity index (χ2v) is 8.57. The van der Waals surface area contributed by atoms with E-state index in [1.54, 1.807) is 39.0 Å². The molecule has 9 nitrogen and oxygen atoms in total. The number of ether oxygens (including phenoxy) is 1. The summed E-state index contributed by atoms with van der Waals surface area (Å²) >= 11 is 6.13. The SMILES string of the molecule is CC1CCN(C(=O)OC(C)(C)C)[C@@H]1C(=O)NCc1cc(Cl)ccc1-n1cnnn1. The summed E-state index contributed by atoms with van der Waals surface area (Å²) in [5.74, 6) is -0.204. The molecule has 2 atom stereocenters. The van der Waals surface area contributed by atoms with E-state index >= 15 is 0 Å². The number of benzene rings is 1. The van der Waals surface area contributed by atoms with Crippen molar-refractivity contribution in [3.8, 4) is 5.69 Å². The van der Waals surface area contributed by atoms with E-state index in [4.69, 9.17) is 16.3 Å². The predicted octanol–water partition coefficient (Wildman–Crippen LogP) is 2.58. The number of aromatic nitrogens is 4. The van der Waals surface area contributed by atoms with Crippen LogP contribution in [0.5, 0.6) is 0 Å². The minimum atomic E-state index is -0.620. The topological polar surface area (TPSA) is 102 Å². The molecule has 0 aliphatic carbocycles. The molecule has 1 aliphatic rings. The third-order valence-electron chi connectivity index (χ3n) is 4.69. The van der Waals surface area contributed by atoms with Gasteiger partial charge in [0.25, 0.3) is 0 Å². The van der Waals surface area contributed by atoms with E-state index in [1.165, 1.54) is 15.9 Å². The van der Waals surface area contributed by atoms with Crippen molar-refractivity contribution in [2.45, 2.75) is 52.3 Å². The van der Waals surface area contributed by atoms with Gasteiger partial charge in [0.15, 0.2) is 0 Å². The fourth-order valence-electron chi connectivity index (χ4n) is 3.35. The molecule has 1 aliphatic heterocycles. The molecule has 1 aromatic heterocycles. The number of nitrogens with one attached hydrogen (secondary N) is 1. The summed E-state index contributed by atoms with van der Waals surface area (Å²) < 4.78 is 6.96. The van der Waals surface area contributed by atoms with Gasteiger partial charge in [0.1, 0.15) is 18.0 Å². The summed E-state index contributed by atoms with van der Waals surface area (Å²) in [6.45, 7) is 8.08. The van der Waals surface area contributed by atoms with E-state index in [1.807, 2.05) is 6.92 Å². The van der Waals surface area contributed by atoms with Gasteiger partial charge in [0.05, 0.1) is 5.69 Å². The number of hydrogen-bond acceptors (Lipinski definition) is 6. The Balaban J connectivity index is 1.73. The largest absolute Gasteiger partial charge is 0.444 e. The van der Waals surface area contributed by atoms with Crippen LogP contribution in [-0.2, 0) is 16.1 Å². The van der Waals surface area contributed by atoms with Crippen molar-refractivity contribution in [2.75, 3.05) is 6.54 Å². The van der Waals surface area contributed by atoms with Gasteiger partial charge in [0, 0.05) is 18.1 Å². The number of halogens is 1. The molecule has 29 heavy (non-hydrogen) atoms. The Hall–Kier alpha value is -2.68. The quantitative estimate of drug-likeness (QED) is 0.815. The summed E-state index contributed by atoms with van der Waals surface area (Å²) in [5, 5.41) is 14.6. The second kappa shape index (κ2) is 8.36. The van der Waals surface area contributed by atoms with Gasteiger partial charge in [-0.05, 0) is 67.3 Å². The summed E-state index contributed by atoms with van der Waals surface area (Å²) in [7, 11) is 0. The van der Waals surface area contributed by atoms with E-state index < -0.39 is 17.7 Å². The number of carbonyl (C=O) groups is 2. The van der Waals surface area contributed by atoms with Gasteiger partial charge >= 0.3 is 6.09 Å². The molecule has 1 N–H and O–H groups in total. The molecule has 1 aromatic carbocycles. The summed E-state index contributed by atoms with van der Waals surface area (Å²) in [4.78, 5) is 27.0. The highest BCUT2D eigenvalue weighted by Crippen LogP contribution is 2.26. The average molecular weight is 421 g/mol. The van der Waals surface area contributed by atoms with Crippen molar-refractivity contribution >= 4 is 23.6 Å². The second-order valence-electron chi connectivity index (χ2n) is 8.13. The Bertz CT molecular complexity index is 881. The Morgan fingerprint density at radius 2 is 2.10 bits per heavy atom. The van der Waals surface area contributed by atoms with Gasteiger partial charge < -0.3 is 10.1 Å². The van der Waals surface area contributed by atoms with Crippen molar-refractivity contribution in [3.05, 3.63) is 35.1 Å². The first-order valence-corrected chi connectivity index (χ1v) is 9.82. The highest BCUT2D eigenvalue weighted by Gasteiger charge is 2.41. The molecule has 1 unspecified atom stereocenters. The lowest BCUT2D eigenvalue weighted by molar-refractivity contribution is -0.126. The molecule has 2 heterocycles. The van der Waals surface area contributed by atoms with E-state index in [0.717, 1.165) is 12.0 Å². The van der Waals surface area contributed by atoms with Crippen LogP contribution in [0.1, 0.15) is 39.7 Å². The smallest absolute Gasteiger partial charge is 0.410 e. The van der Waals surface area contributed by atoms with E-state index in [2.05, 4.69) is 20.8 Å². The minimum Gasteiger partial charge on any atom is -0.444 e. The predicted molar refractivity (Wildman–Crippen MR) is 107 cm³/mol. The van der Waals surface area contributed by atoms with Gasteiger partial charge in [-0.3, -0.25) is 9.69 Å². The lowest BCUT2D eigenvalue weighted by Crippen LogP contribution is -2.49. The fraction of sp³-hybridized carbons (Fsp3) is 0.526. The Kier molecular flexibility index (Phi) is 6.07. The molecule has 10 heteroatoms. The molecule has 0 spiro atoms. The molecule has 1 fully saturated rings. The van der Waals surface area contributed by atoms with Gasteiger partial charge in [-0.15, -0.1) is 5.10 Å². The summed E-state index contributed by atoms with van der Waals surface area (Å²) in [6.07, 6.45) is 1.74. The van der Waals surface area contributed by atoms with Crippen LogP contribution in [0.15, 0.2) is 24.5 Å². The van der Waals surface area contributed by atoms with Crippen molar-refractivity contribution in [3.63, 3.8) is 0 Å². The monoisotopic (exact) mass is 420 g/mol. The van der Waals surface area contributed by atoms with Gasteiger partial charge in [-0.1, -0.05) is 18.5 Å². The third kappa shape index (κ3) is 5.03. The maximum atomic E-state index is 13.0. The van der Waals surface area contributed by atoms with Crippen LogP contribution in [0.3, 0.4) is 0 Å². The molecule has 2 amide bonds. The van der Waals surface area contributed by atoms with Crippen LogP contribution < -0.4 is 5.32 Å². The molecular weight excluding hydrogens is 396 g/mol. The van der Waals surface area contributed by atoms with Gasteiger partial charge in [-0.25, -0.2) is 9.48 Å². The van der Waals surface area contributed by atoms with Crippen molar-refractivity contribution < 1.29 is 14.3 Å². The Labute approximate surface area is 174 Å². The first kappa shape index (κ1) is 21.0. The normalized spacial score (nSPS) is 19.3. The third-order valence-corrected chi connectivity index (χ3v) is 4.92. The van der Waals surface area contributed by atoms with Crippen molar-refractivity contribution in [2.24, 2.45) is 5.92 Å². The summed E-state index contributed by atoms with van der Waals surface area (Å²) in [6, 6.07) is 4.68. The number of nitrogens with zero attached hydrogens (tertiary/aromatic N) is 5. The zero-order valence-electron chi connectivity index (χ0n) is 16.9. The van der Waals surface area contributed by atoms with Crippen LogP contribution in [0.2, 0.25) is 5.02 Å². The number of amides is 2. The molecule has 0 saturated carbocycles. The van der Waals surface area contributed by atoms with Gasteiger partial charge in [0.2, 0.25) is 5.91 Å². The van der Waals surface area contributed by atoms with Crippen LogP contribution in [0.4, 0.5) is 4.79 Å². The van der Waals surface area contributed by atoms with Gasteiger partial charge in [-0.2, -0.15) is 0 Å². The number of rotatable bonds is 4. The Morgan fingerprint density at radius 3 is 2.76 bits per heavy atom. The lowest BCUT2D eigenvalue weighted by Gasteiger charge is -2.29. The molecule has 1 saturated heterocycles. The lowest BCUT2D eigenvalue weighted by atomic mass is 10.0. The number of tetrazole rings is 1. The van der Waals surface area contributed by atoms with Crippen molar-refractivity contribution in [1.29, 1.82) is 0 Å². The standard InChI is InChI=1S/C19H25ClN6O3/c1-12-7-8-25(18(28)29-19(2,3)4)16(12)17(27)21-10-13-9-14(20)5-6-15(13)26-11-22-23-24-26/h5-6,9,11-12,16H,7-8,10H2,1-4H3,(H,21,27)/t12?,16-/m0/s1. The highest BCUT2D eigenvalue weighted by molar-refractivity contribution is 6.30. The molecule has 0 bridgehead atoms. The van der Waals surface area contributed by atoms with Crippen LogP contribution >= 0.6 is 11.6 Å². The average Bonchev–Trinajstić information content (AvgIpc) is 3.28. The molecule has 3 rings (SSSR count). The zero-order valence-corrected chi connectivity index (χ0v) is 17.7. The number of carbonyl (C=O) groups excluding carboxylic acids is 2. The summed E-state index contributed by atoms with van der Waals surface area (Å²) in [5.41, 5.74) is 0.849. The van der Waals surface area contributed by atoms with Crippen LogP contribution in [0.25, 0.3) is 5.69 Å². The Morgan fingerprint density at radius 1 is 1.34 bits per heavy atom. The molecule has 156 valence electrons. The molecule has 2 aromatic rings. The fourth-order valence-corrected chi connectivity index (χ4v) is 3.54. The van der Waals surface area contributed by atoms with E-state index in [9.17, 15) is 9.59 Å². The number of hydrogen-bond donors (Lipinski definition) is 1. The van der Waals surface area contributed by atoms with Crippen molar-refractivity contribution in [1.82, 2.24) is 30.4 Å². The van der Waals surface area contributed by atoms with E-state index in [0.29, 0.717) is 17.3 Å². The van der Waals surface area contributed by atoms with Crippen LogP contribution in [0, 0.1) is 5.92 Å². The van der Waals surface area contributed by atoms with E-state index in [-0.39, 0.29) is 18.4 Å². The minimum absolute atomic E-state index is 0.0286. The first-order chi connectivity index (χ1) is 13.7. The first-order valence-electron chi connectivity index (χ1n) is 9.45. The highest BCUT2D eigenvalue weighted by atomic mass is 35.5. The van der Waals surface area contributed by atoms with Crippen LogP contribution in [-0.4, -0.2) is 55.3 Å². The zero-order chi connectivity index (χ0) is 21.2. The number of likely N-dealkylation sites (tertiary alicyclic amines) is 1. The molecule has 0 radical (unpaired) electrons. The maximum absolute atomic E-state index is 13.0. The molecular formula is C19H25ClN6O3.